The molecule has 18 heavy (non-hydrogen) atoms. The van der Waals surface area contributed by atoms with Gasteiger partial charge in [0.1, 0.15) is 18.2 Å². The lowest BCUT2D eigenvalue weighted by atomic mass is 10.1. The van der Waals surface area contributed by atoms with Crippen LogP contribution in [0.5, 0.6) is 0 Å². The van der Waals surface area contributed by atoms with Crippen LogP contribution in [0.4, 0.5) is 5.82 Å². The molecule has 1 aromatic heterocycles. The number of hydrogen-bond donors (Lipinski definition) is 1. The Bertz CT molecular complexity index is 436. The summed E-state index contributed by atoms with van der Waals surface area (Å²) in [6.45, 7) is 4.36. The van der Waals surface area contributed by atoms with Crippen LogP contribution in [-0.2, 0) is 4.79 Å². The molecule has 1 aromatic rings. The van der Waals surface area contributed by atoms with Gasteiger partial charge in [0.05, 0.1) is 0 Å². The molecular weight excluding hydrogens is 230 g/mol. The maximum absolute atomic E-state index is 12.0. The van der Waals surface area contributed by atoms with E-state index in [4.69, 9.17) is 0 Å². The molecule has 2 heterocycles. The number of aromatic nitrogens is 2. The van der Waals surface area contributed by atoms with Gasteiger partial charge in [0, 0.05) is 38.4 Å². The van der Waals surface area contributed by atoms with Gasteiger partial charge in [-0.2, -0.15) is 0 Å². The monoisotopic (exact) mass is 249 g/mol. The van der Waals surface area contributed by atoms with Crippen molar-refractivity contribution in [2.45, 2.75) is 13.0 Å². The molecular formula is C12H19N5O. The van der Waals surface area contributed by atoms with Crippen molar-refractivity contribution >= 4 is 11.7 Å². The second-order valence-electron chi connectivity index (χ2n) is 4.60. The zero-order chi connectivity index (χ0) is 13.1. The molecule has 6 nitrogen and oxygen atoms in total. The minimum atomic E-state index is -0.192. The molecule has 6 heteroatoms. The SMILES string of the molecule is CNC(=O)[C@H]1CN(C)CCN1c1cc(C)ncn1. The second-order valence-corrected chi connectivity index (χ2v) is 4.60. The van der Waals surface area contributed by atoms with E-state index in [2.05, 4.69) is 20.2 Å². The number of rotatable bonds is 2. The molecule has 0 aromatic carbocycles. The van der Waals surface area contributed by atoms with E-state index in [1.165, 1.54) is 0 Å². The first-order valence-electron chi connectivity index (χ1n) is 6.07. The average Bonchev–Trinajstić information content (AvgIpc) is 2.37. The number of anilines is 1. The highest BCUT2D eigenvalue weighted by atomic mass is 16.2. The Morgan fingerprint density at radius 3 is 2.89 bits per heavy atom. The quantitative estimate of drug-likeness (QED) is 0.776. The van der Waals surface area contributed by atoms with Gasteiger partial charge >= 0.3 is 0 Å². The standard InChI is InChI=1S/C12H19N5O/c1-9-6-11(15-8-14-9)17-5-4-16(3)7-10(17)12(18)13-2/h6,8,10H,4-5,7H2,1-3H3,(H,13,18)/t10-/m1/s1. The van der Waals surface area contributed by atoms with Crippen LogP contribution in [0.3, 0.4) is 0 Å². The topological polar surface area (TPSA) is 61.4 Å². The Kier molecular flexibility index (Phi) is 3.76. The van der Waals surface area contributed by atoms with Crippen molar-refractivity contribution in [1.82, 2.24) is 20.2 Å². The van der Waals surface area contributed by atoms with Crippen LogP contribution in [0.15, 0.2) is 12.4 Å². The van der Waals surface area contributed by atoms with Gasteiger partial charge in [-0.3, -0.25) is 4.79 Å². The molecule has 1 amide bonds. The number of nitrogens with one attached hydrogen (secondary N) is 1. The van der Waals surface area contributed by atoms with Crippen LogP contribution in [0, 0.1) is 6.92 Å². The minimum Gasteiger partial charge on any atom is -0.357 e. The average molecular weight is 249 g/mol. The zero-order valence-electron chi connectivity index (χ0n) is 11.1. The molecule has 98 valence electrons. The minimum absolute atomic E-state index is 0.0258. The molecule has 0 bridgehead atoms. The van der Waals surface area contributed by atoms with Gasteiger partial charge < -0.3 is 15.1 Å². The number of likely N-dealkylation sites (N-methyl/N-ethyl adjacent to an activating group) is 2. The molecule has 0 aliphatic carbocycles. The Balaban J connectivity index is 2.26. The molecule has 1 aliphatic rings. The highest BCUT2D eigenvalue weighted by molar-refractivity contribution is 5.85. The van der Waals surface area contributed by atoms with Crippen LogP contribution in [0.25, 0.3) is 0 Å². The van der Waals surface area contributed by atoms with Crippen LogP contribution in [0.2, 0.25) is 0 Å². The van der Waals surface area contributed by atoms with Gasteiger partial charge in [0.25, 0.3) is 0 Å². The molecule has 1 aliphatic heterocycles. The first kappa shape index (κ1) is 12.8. The maximum Gasteiger partial charge on any atom is 0.243 e. The van der Waals surface area contributed by atoms with Crippen molar-refractivity contribution in [3.8, 4) is 0 Å². The molecule has 0 saturated carbocycles. The van der Waals surface area contributed by atoms with Gasteiger partial charge in [-0.15, -0.1) is 0 Å². The summed E-state index contributed by atoms with van der Waals surface area (Å²) >= 11 is 0. The van der Waals surface area contributed by atoms with Crippen molar-refractivity contribution < 1.29 is 4.79 Å². The number of carbonyl (C=O) groups is 1. The van der Waals surface area contributed by atoms with E-state index in [0.717, 1.165) is 24.6 Å². The van der Waals surface area contributed by atoms with E-state index in [1.807, 2.05) is 24.9 Å². The summed E-state index contributed by atoms with van der Waals surface area (Å²) in [5.74, 6) is 0.849. The molecule has 1 fully saturated rings. The van der Waals surface area contributed by atoms with Crippen molar-refractivity contribution in [2.24, 2.45) is 0 Å². The molecule has 1 atom stereocenters. The number of piperazine rings is 1. The Hall–Kier alpha value is -1.69. The summed E-state index contributed by atoms with van der Waals surface area (Å²) < 4.78 is 0. The fraction of sp³-hybridized carbons (Fsp3) is 0.583. The van der Waals surface area contributed by atoms with Crippen molar-refractivity contribution in [1.29, 1.82) is 0 Å². The highest BCUT2D eigenvalue weighted by Gasteiger charge is 2.31. The first-order chi connectivity index (χ1) is 8.61. The lowest BCUT2D eigenvalue weighted by Gasteiger charge is -2.39. The maximum atomic E-state index is 12.0. The Morgan fingerprint density at radius 2 is 2.22 bits per heavy atom. The van der Waals surface area contributed by atoms with Crippen molar-refractivity contribution in [3.63, 3.8) is 0 Å². The fourth-order valence-corrected chi connectivity index (χ4v) is 2.18. The summed E-state index contributed by atoms with van der Waals surface area (Å²) in [6.07, 6.45) is 1.55. The zero-order valence-corrected chi connectivity index (χ0v) is 11.1. The van der Waals surface area contributed by atoms with Crippen LogP contribution >= 0.6 is 0 Å². The molecule has 0 spiro atoms. The van der Waals surface area contributed by atoms with Gasteiger partial charge in [-0.05, 0) is 14.0 Å². The predicted octanol–water partition coefficient (Wildman–Crippen LogP) is -0.349. The predicted molar refractivity (Wildman–Crippen MR) is 69.5 cm³/mol. The van der Waals surface area contributed by atoms with Gasteiger partial charge in [0.15, 0.2) is 0 Å². The summed E-state index contributed by atoms with van der Waals surface area (Å²) in [5, 5.41) is 2.72. The van der Waals surface area contributed by atoms with E-state index in [0.29, 0.717) is 6.54 Å². The number of amides is 1. The highest BCUT2D eigenvalue weighted by Crippen LogP contribution is 2.18. The summed E-state index contributed by atoms with van der Waals surface area (Å²) in [5.41, 5.74) is 0.912. The Labute approximate surface area is 107 Å². The van der Waals surface area contributed by atoms with E-state index in [1.54, 1.807) is 13.4 Å². The molecule has 1 saturated heterocycles. The number of nitrogens with zero attached hydrogens (tertiary/aromatic N) is 4. The second kappa shape index (κ2) is 5.30. The van der Waals surface area contributed by atoms with E-state index < -0.39 is 0 Å². The molecule has 1 N–H and O–H groups in total. The van der Waals surface area contributed by atoms with Crippen LogP contribution in [0.1, 0.15) is 5.69 Å². The van der Waals surface area contributed by atoms with E-state index in [9.17, 15) is 4.79 Å². The van der Waals surface area contributed by atoms with Gasteiger partial charge in [0.2, 0.25) is 5.91 Å². The first-order valence-corrected chi connectivity index (χ1v) is 6.07. The molecule has 0 radical (unpaired) electrons. The molecule has 0 unspecified atom stereocenters. The van der Waals surface area contributed by atoms with E-state index in [-0.39, 0.29) is 11.9 Å². The third-order valence-electron chi connectivity index (χ3n) is 3.22. The number of hydrogen-bond acceptors (Lipinski definition) is 5. The summed E-state index contributed by atoms with van der Waals surface area (Å²) in [7, 11) is 3.69. The largest absolute Gasteiger partial charge is 0.357 e. The van der Waals surface area contributed by atoms with Gasteiger partial charge in [-0.25, -0.2) is 9.97 Å². The Morgan fingerprint density at radius 1 is 1.44 bits per heavy atom. The fourth-order valence-electron chi connectivity index (χ4n) is 2.18. The van der Waals surface area contributed by atoms with Crippen molar-refractivity contribution in [3.05, 3.63) is 18.1 Å². The number of carbonyl (C=O) groups excluding carboxylic acids is 1. The van der Waals surface area contributed by atoms with Gasteiger partial charge in [-0.1, -0.05) is 0 Å². The van der Waals surface area contributed by atoms with Crippen LogP contribution < -0.4 is 10.2 Å². The lowest BCUT2D eigenvalue weighted by Crippen LogP contribution is -2.58. The summed E-state index contributed by atoms with van der Waals surface area (Å²) in [4.78, 5) is 24.5. The third kappa shape index (κ3) is 2.59. The number of aryl methyl sites for hydroxylation is 1. The van der Waals surface area contributed by atoms with Crippen LogP contribution in [-0.4, -0.2) is 60.5 Å². The summed E-state index contributed by atoms with van der Waals surface area (Å²) in [6, 6.07) is 1.73. The smallest absolute Gasteiger partial charge is 0.243 e. The molecule has 2 rings (SSSR count). The third-order valence-corrected chi connectivity index (χ3v) is 3.22. The van der Waals surface area contributed by atoms with E-state index >= 15 is 0 Å². The normalized spacial score (nSPS) is 20.8. The lowest BCUT2D eigenvalue weighted by molar-refractivity contribution is -0.122. The van der Waals surface area contributed by atoms with Crippen molar-refractivity contribution in [2.75, 3.05) is 38.6 Å².